The smallest absolute Gasteiger partial charge is 0.244 e. The highest BCUT2D eigenvalue weighted by molar-refractivity contribution is 5.79. The van der Waals surface area contributed by atoms with E-state index in [0.29, 0.717) is 12.5 Å². The molecule has 2 atom stereocenters. The van der Waals surface area contributed by atoms with E-state index < -0.39 is 0 Å². The molecule has 0 bridgehead atoms. The van der Waals surface area contributed by atoms with Gasteiger partial charge in [0.05, 0.1) is 0 Å². The molecule has 5 heteroatoms. The molecule has 0 aromatic carbocycles. The van der Waals surface area contributed by atoms with Crippen molar-refractivity contribution in [1.82, 2.24) is 15.1 Å². The molecule has 0 aliphatic rings. The van der Waals surface area contributed by atoms with Crippen LogP contribution in [0.3, 0.4) is 0 Å². The van der Waals surface area contributed by atoms with Crippen LogP contribution in [0.2, 0.25) is 0 Å². The Bertz CT molecular complexity index is 325. The summed E-state index contributed by atoms with van der Waals surface area (Å²) in [5.74, 6) is 0.305. The van der Waals surface area contributed by atoms with Crippen LogP contribution in [0.25, 0.3) is 0 Å². The molecular weight excluding hydrogens is 218 g/mol. The van der Waals surface area contributed by atoms with Crippen molar-refractivity contribution in [2.24, 2.45) is 5.92 Å². The van der Waals surface area contributed by atoms with Crippen molar-refractivity contribution < 1.29 is 9.90 Å². The molecule has 1 heterocycles. The van der Waals surface area contributed by atoms with Crippen LogP contribution in [0, 0.1) is 5.92 Å². The highest BCUT2D eigenvalue weighted by atomic mass is 16.3. The fraction of sp³-hybridized carbons (Fsp3) is 0.667. The minimum Gasteiger partial charge on any atom is -0.396 e. The summed E-state index contributed by atoms with van der Waals surface area (Å²) < 4.78 is 1.63. The number of carbonyl (C=O) groups is 1. The van der Waals surface area contributed by atoms with E-state index in [1.54, 1.807) is 23.1 Å². The maximum Gasteiger partial charge on any atom is 0.244 e. The molecule has 1 aromatic rings. The van der Waals surface area contributed by atoms with E-state index in [1.165, 1.54) is 0 Å². The van der Waals surface area contributed by atoms with Gasteiger partial charge in [-0.15, -0.1) is 0 Å². The third-order valence-electron chi connectivity index (χ3n) is 2.98. The molecule has 96 valence electrons. The number of aromatic nitrogens is 2. The molecule has 0 fully saturated rings. The predicted octanol–water partition coefficient (Wildman–Crippen LogP) is 0.969. The predicted molar refractivity (Wildman–Crippen MR) is 65.4 cm³/mol. The Morgan fingerprint density at radius 3 is 2.88 bits per heavy atom. The molecule has 0 saturated heterocycles. The first-order valence-electron chi connectivity index (χ1n) is 6.06. The maximum atomic E-state index is 11.8. The lowest BCUT2D eigenvalue weighted by molar-refractivity contribution is -0.124. The molecule has 0 spiro atoms. The van der Waals surface area contributed by atoms with Crippen LogP contribution in [-0.4, -0.2) is 33.9 Å². The number of hydrogen-bond donors (Lipinski definition) is 2. The molecule has 2 N–H and O–H groups in total. The summed E-state index contributed by atoms with van der Waals surface area (Å²) in [5, 5.41) is 15.8. The van der Waals surface area contributed by atoms with Gasteiger partial charge in [0.2, 0.25) is 5.91 Å². The zero-order chi connectivity index (χ0) is 12.7. The number of hydrogen-bond acceptors (Lipinski definition) is 3. The van der Waals surface area contributed by atoms with E-state index in [0.717, 1.165) is 12.8 Å². The van der Waals surface area contributed by atoms with E-state index in [2.05, 4.69) is 17.3 Å². The SMILES string of the molecule is CCC(CCO)CNC(=O)C(C)n1cccn1. The molecule has 1 aromatic heterocycles. The second-order valence-electron chi connectivity index (χ2n) is 4.19. The summed E-state index contributed by atoms with van der Waals surface area (Å²) in [6, 6.07) is 1.50. The maximum absolute atomic E-state index is 11.8. The van der Waals surface area contributed by atoms with E-state index >= 15 is 0 Å². The Balaban J connectivity index is 2.38. The minimum atomic E-state index is -0.295. The fourth-order valence-electron chi connectivity index (χ4n) is 1.66. The van der Waals surface area contributed by atoms with Crippen molar-refractivity contribution in [1.29, 1.82) is 0 Å². The van der Waals surface area contributed by atoms with E-state index in [1.807, 2.05) is 6.92 Å². The average Bonchev–Trinajstić information content (AvgIpc) is 2.86. The zero-order valence-corrected chi connectivity index (χ0v) is 10.5. The van der Waals surface area contributed by atoms with Crippen molar-refractivity contribution in [3.05, 3.63) is 18.5 Å². The number of aliphatic hydroxyl groups excluding tert-OH is 1. The minimum absolute atomic E-state index is 0.0370. The quantitative estimate of drug-likeness (QED) is 0.745. The van der Waals surface area contributed by atoms with Gasteiger partial charge in [0.1, 0.15) is 6.04 Å². The van der Waals surface area contributed by atoms with Crippen LogP contribution >= 0.6 is 0 Å². The van der Waals surface area contributed by atoms with Crippen molar-refractivity contribution in [3.63, 3.8) is 0 Å². The Labute approximate surface area is 102 Å². The van der Waals surface area contributed by atoms with Gasteiger partial charge in [-0.05, 0) is 25.3 Å². The van der Waals surface area contributed by atoms with E-state index in [-0.39, 0.29) is 18.6 Å². The molecule has 1 rings (SSSR count). The normalized spacial score (nSPS) is 14.3. The first kappa shape index (κ1) is 13.7. The van der Waals surface area contributed by atoms with Crippen LogP contribution in [-0.2, 0) is 4.79 Å². The van der Waals surface area contributed by atoms with Crippen molar-refractivity contribution in [3.8, 4) is 0 Å². The number of rotatable bonds is 7. The molecule has 2 unspecified atom stereocenters. The second kappa shape index (κ2) is 7.06. The number of nitrogens with one attached hydrogen (secondary N) is 1. The Hall–Kier alpha value is -1.36. The largest absolute Gasteiger partial charge is 0.396 e. The van der Waals surface area contributed by atoms with Gasteiger partial charge in [-0.2, -0.15) is 5.10 Å². The average molecular weight is 239 g/mol. The molecule has 5 nitrogen and oxygen atoms in total. The number of nitrogens with zero attached hydrogens (tertiary/aromatic N) is 2. The van der Waals surface area contributed by atoms with Gasteiger partial charge in [0, 0.05) is 25.5 Å². The van der Waals surface area contributed by atoms with Gasteiger partial charge in [0.15, 0.2) is 0 Å². The molecule has 0 radical (unpaired) electrons. The van der Waals surface area contributed by atoms with Crippen LogP contribution in [0.15, 0.2) is 18.5 Å². The highest BCUT2D eigenvalue weighted by Gasteiger charge is 2.15. The summed E-state index contributed by atoms with van der Waals surface area (Å²) in [6.45, 7) is 4.66. The topological polar surface area (TPSA) is 67.2 Å². The summed E-state index contributed by atoms with van der Waals surface area (Å²) >= 11 is 0. The van der Waals surface area contributed by atoms with Gasteiger partial charge in [-0.25, -0.2) is 0 Å². The Kier molecular flexibility index (Phi) is 5.69. The van der Waals surface area contributed by atoms with Crippen LogP contribution in [0.1, 0.15) is 32.7 Å². The van der Waals surface area contributed by atoms with Gasteiger partial charge in [0.25, 0.3) is 0 Å². The molecule has 17 heavy (non-hydrogen) atoms. The molecule has 0 aliphatic carbocycles. The summed E-state index contributed by atoms with van der Waals surface area (Å²) in [7, 11) is 0. The molecule has 0 aliphatic heterocycles. The van der Waals surface area contributed by atoms with E-state index in [9.17, 15) is 4.79 Å². The highest BCUT2D eigenvalue weighted by Crippen LogP contribution is 2.07. The van der Waals surface area contributed by atoms with Crippen molar-refractivity contribution in [2.75, 3.05) is 13.2 Å². The lowest BCUT2D eigenvalue weighted by atomic mass is 10.0. The first-order chi connectivity index (χ1) is 8.19. The van der Waals surface area contributed by atoms with Gasteiger partial charge >= 0.3 is 0 Å². The number of carbonyl (C=O) groups excluding carboxylic acids is 1. The first-order valence-corrected chi connectivity index (χ1v) is 6.06. The third kappa shape index (κ3) is 4.19. The van der Waals surface area contributed by atoms with E-state index in [4.69, 9.17) is 5.11 Å². The third-order valence-corrected chi connectivity index (χ3v) is 2.98. The van der Waals surface area contributed by atoms with Gasteiger partial charge in [-0.1, -0.05) is 13.3 Å². The Morgan fingerprint density at radius 2 is 2.35 bits per heavy atom. The van der Waals surface area contributed by atoms with Crippen LogP contribution in [0.4, 0.5) is 0 Å². The monoisotopic (exact) mass is 239 g/mol. The van der Waals surface area contributed by atoms with Crippen LogP contribution < -0.4 is 5.32 Å². The molecule has 1 amide bonds. The standard InChI is InChI=1S/C12H21N3O2/c1-3-11(5-8-16)9-13-12(17)10(2)15-7-4-6-14-15/h4,6-7,10-11,16H,3,5,8-9H2,1-2H3,(H,13,17). The molecular formula is C12H21N3O2. The van der Waals surface area contributed by atoms with Crippen molar-refractivity contribution >= 4 is 5.91 Å². The second-order valence-corrected chi connectivity index (χ2v) is 4.19. The fourth-order valence-corrected chi connectivity index (χ4v) is 1.66. The lowest BCUT2D eigenvalue weighted by Gasteiger charge is -2.17. The van der Waals surface area contributed by atoms with Gasteiger partial charge < -0.3 is 10.4 Å². The van der Waals surface area contributed by atoms with Crippen molar-refractivity contribution in [2.45, 2.75) is 32.7 Å². The summed E-state index contributed by atoms with van der Waals surface area (Å²) in [6.07, 6.45) is 5.11. The zero-order valence-electron chi connectivity index (χ0n) is 10.5. The number of aliphatic hydroxyl groups is 1. The lowest BCUT2D eigenvalue weighted by Crippen LogP contribution is -2.34. The van der Waals surface area contributed by atoms with Gasteiger partial charge in [-0.3, -0.25) is 9.48 Å². The summed E-state index contributed by atoms with van der Waals surface area (Å²) in [5.41, 5.74) is 0. The summed E-state index contributed by atoms with van der Waals surface area (Å²) in [4.78, 5) is 11.8. The van der Waals surface area contributed by atoms with Crippen LogP contribution in [0.5, 0.6) is 0 Å². The number of amides is 1. The Morgan fingerprint density at radius 1 is 1.59 bits per heavy atom. The molecule has 0 saturated carbocycles.